The maximum atomic E-state index is 12.9. The Balaban J connectivity index is 1.63. The van der Waals surface area contributed by atoms with Gasteiger partial charge in [-0.3, -0.25) is 9.44 Å². The fourth-order valence-electron chi connectivity index (χ4n) is 3.15. The van der Waals surface area contributed by atoms with Crippen LogP contribution in [0.5, 0.6) is 0 Å². The molecule has 0 aliphatic carbocycles. The highest BCUT2D eigenvalue weighted by Crippen LogP contribution is 2.26. The van der Waals surface area contributed by atoms with Gasteiger partial charge in [0.15, 0.2) is 0 Å². The normalized spacial score (nSPS) is 11.9. The van der Waals surface area contributed by atoms with Gasteiger partial charge < -0.3 is 0 Å². The van der Waals surface area contributed by atoms with Crippen molar-refractivity contribution in [3.63, 3.8) is 0 Å². The van der Waals surface area contributed by atoms with Gasteiger partial charge in [0, 0.05) is 0 Å². The summed E-state index contributed by atoms with van der Waals surface area (Å²) in [5.74, 6) is 0. The molecule has 0 amide bonds. The minimum Gasteiger partial charge on any atom is -0.280 e. The molecule has 0 aliphatic rings. The molecule has 0 spiro atoms. The zero-order valence-electron chi connectivity index (χ0n) is 16.6. The number of anilines is 2. The number of sulfonamides is 2. The Morgan fingerprint density at radius 2 is 1.23 bits per heavy atom. The largest absolute Gasteiger partial charge is 0.280 e. The van der Waals surface area contributed by atoms with E-state index in [-0.39, 0.29) is 15.5 Å². The molecule has 8 heteroatoms. The third-order valence-corrected chi connectivity index (χ3v) is 7.58. The van der Waals surface area contributed by atoms with E-state index < -0.39 is 20.0 Å². The lowest BCUT2D eigenvalue weighted by atomic mass is 10.1. The van der Waals surface area contributed by atoms with Gasteiger partial charge >= 0.3 is 0 Å². The molecule has 0 fully saturated rings. The molecule has 158 valence electrons. The van der Waals surface area contributed by atoms with Crippen molar-refractivity contribution >= 4 is 42.2 Å². The first-order valence-electron chi connectivity index (χ1n) is 9.45. The van der Waals surface area contributed by atoms with Crippen molar-refractivity contribution < 1.29 is 16.8 Å². The zero-order chi connectivity index (χ0) is 22.1. The van der Waals surface area contributed by atoms with Crippen molar-refractivity contribution in [1.29, 1.82) is 0 Å². The average Bonchev–Trinajstić information content (AvgIpc) is 2.76. The summed E-state index contributed by atoms with van der Waals surface area (Å²) in [6.45, 7) is 1.74. The standard InChI is InChI=1S/C23H20N2O4S2/c1-17-11-13-20(16-23(17)25-30(26,27)21-9-3-2-4-10-21)24-31(28,29)22-14-12-18-7-5-6-8-19(18)15-22/h2-16,24-25H,1H3. The van der Waals surface area contributed by atoms with Crippen molar-refractivity contribution in [3.8, 4) is 0 Å². The molecule has 0 unspecified atom stereocenters. The van der Waals surface area contributed by atoms with Gasteiger partial charge in [0.1, 0.15) is 0 Å². The van der Waals surface area contributed by atoms with Crippen LogP contribution in [-0.4, -0.2) is 16.8 Å². The van der Waals surface area contributed by atoms with Crippen LogP contribution in [0.4, 0.5) is 11.4 Å². The Labute approximate surface area is 181 Å². The van der Waals surface area contributed by atoms with Gasteiger partial charge in [-0.2, -0.15) is 0 Å². The number of benzene rings is 4. The maximum Gasteiger partial charge on any atom is 0.261 e. The summed E-state index contributed by atoms with van der Waals surface area (Å²) >= 11 is 0. The predicted molar refractivity (Wildman–Crippen MR) is 123 cm³/mol. The molecule has 0 saturated heterocycles. The second kappa shape index (κ2) is 8.05. The van der Waals surface area contributed by atoms with E-state index in [0.717, 1.165) is 10.8 Å². The zero-order valence-corrected chi connectivity index (χ0v) is 18.2. The molecule has 4 aromatic rings. The molecule has 4 aromatic carbocycles. The molecule has 0 heterocycles. The first kappa shape index (κ1) is 20.9. The van der Waals surface area contributed by atoms with E-state index >= 15 is 0 Å². The van der Waals surface area contributed by atoms with Crippen LogP contribution in [0.2, 0.25) is 0 Å². The fraction of sp³-hybridized carbons (Fsp3) is 0.0435. The molecule has 4 rings (SSSR count). The highest BCUT2D eigenvalue weighted by molar-refractivity contribution is 7.93. The number of hydrogen-bond donors (Lipinski definition) is 2. The molecule has 6 nitrogen and oxygen atoms in total. The molecule has 2 N–H and O–H groups in total. The number of aryl methyl sites for hydroxylation is 1. The smallest absolute Gasteiger partial charge is 0.261 e. The third kappa shape index (κ3) is 4.55. The van der Waals surface area contributed by atoms with E-state index in [1.54, 1.807) is 49.4 Å². The number of rotatable bonds is 6. The molecule has 0 aliphatic heterocycles. The van der Waals surface area contributed by atoms with Gasteiger partial charge in [-0.25, -0.2) is 16.8 Å². The van der Waals surface area contributed by atoms with Gasteiger partial charge in [0.25, 0.3) is 20.0 Å². The molecule has 0 bridgehead atoms. The molecule has 0 radical (unpaired) electrons. The van der Waals surface area contributed by atoms with Crippen molar-refractivity contribution in [1.82, 2.24) is 0 Å². The van der Waals surface area contributed by atoms with Crippen molar-refractivity contribution in [2.75, 3.05) is 9.44 Å². The molecule has 0 saturated carbocycles. The van der Waals surface area contributed by atoms with Crippen LogP contribution in [0, 0.1) is 6.92 Å². The molecular weight excluding hydrogens is 432 g/mol. The summed E-state index contributed by atoms with van der Waals surface area (Å²) in [4.78, 5) is 0.245. The second-order valence-electron chi connectivity index (χ2n) is 7.06. The Morgan fingerprint density at radius 3 is 1.97 bits per heavy atom. The highest BCUT2D eigenvalue weighted by atomic mass is 32.2. The van der Waals surface area contributed by atoms with Crippen LogP contribution in [0.1, 0.15) is 5.56 Å². The van der Waals surface area contributed by atoms with Crippen LogP contribution < -0.4 is 9.44 Å². The molecule has 0 aromatic heterocycles. The van der Waals surface area contributed by atoms with Gasteiger partial charge in [-0.15, -0.1) is 0 Å². The predicted octanol–water partition coefficient (Wildman–Crippen LogP) is 4.75. The van der Waals surface area contributed by atoms with Crippen molar-refractivity contribution in [3.05, 3.63) is 96.6 Å². The fourth-order valence-corrected chi connectivity index (χ4v) is 5.37. The Kier molecular flexibility index (Phi) is 5.43. The first-order chi connectivity index (χ1) is 14.7. The summed E-state index contributed by atoms with van der Waals surface area (Å²) in [7, 11) is -7.66. The van der Waals surface area contributed by atoms with E-state index in [1.165, 1.54) is 24.3 Å². The molecule has 0 atom stereocenters. The van der Waals surface area contributed by atoms with Crippen LogP contribution in [0.3, 0.4) is 0 Å². The van der Waals surface area contributed by atoms with Crippen LogP contribution in [-0.2, 0) is 20.0 Å². The van der Waals surface area contributed by atoms with E-state index in [9.17, 15) is 16.8 Å². The first-order valence-corrected chi connectivity index (χ1v) is 12.4. The average molecular weight is 453 g/mol. The van der Waals surface area contributed by atoms with Crippen LogP contribution >= 0.6 is 0 Å². The van der Waals surface area contributed by atoms with E-state index in [1.807, 2.05) is 24.3 Å². The van der Waals surface area contributed by atoms with Crippen LogP contribution in [0.15, 0.2) is 101 Å². The van der Waals surface area contributed by atoms with Gasteiger partial charge in [0.05, 0.1) is 21.2 Å². The van der Waals surface area contributed by atoms with E-state index in [2.05, 4.69) is 9.44 Å². The molecule has 31 heavy (non-hydrogen) atoms. The topological polar surface area (TPSA) is 92.3 Å². The van der Waals surface area contributed by atoms with E-state index in [0.29, 0.717) is 11.3 Å². The lowest BCUT2D eigenvalue weighted by Gasteiger charge is -2.14. The number of hydrogen-bond acceptors (Lipinski definition) is 4. The monoisotopic (exact) mass is 452 g/mol. The number of fused-ring (bicyclic) bond motifs is 1. The Morgan fingerprint density at radius 1 is 0.581 bits per heavy atom. The summed E-state index contributed by atoms with van der Waals surface area (Å²) in [6.07, 6.45) is 0. The van der Waals surface area contributed by atoms with Gasteiger partial charge in [0.2, 0.25) is 0 Å². The van der Waals surface area contributed by atoms with Crippen molar-refractivity contribution in [2.24, 2.45) is 0 Å². The lowest BCUT2D eigenvalue weighted by molar-refractivity contribution is 0.599. The minimum atomic E-state index is -3.86. The van der Waals surface area contributed by atoms with Crippen LogP contribution in [0.25, 0.3) is 10.8 Å². The summed E-state index contributed by atoms with van der Waals surface area (Å²) in [5, 5.41) is 1.75. The minimum absolute atomic E-state index is 0.122. The summed E-state index contributed by atoms with van der Waals surface area (Å²) in [5.41, 5.74) is 1.21. The SMILES string of the molecule is Cc1ccc(NS(=O)(=O)c2ccc3ccccc3c2)cc1NS(=O)(=O)c1ccccc1. The summed E-state index contributed by atoms with van der Waals surface area (Å²) < 4.78 is 56.2. The highest BCUT2D eigenvalue weighted by Gasteiger charge is 2.18. The Hall–Kier alpha value is -3.36. The van der Waals surface area contributed by atoms with E-state index in [4.69, 9.17) is 0 Å². The lowest BCUT2D eigenvalue weighted by Crippen LogP contribution is -2.15. The quantitative estimate of drug-likeness (QED) is 0.442. The Bertz CT molecular complexity index is 1470. The molecular formula is C23H20N2O4S2. The number of nitrogens with one attached hydrogen (secondary N) is 2. The third-order valence-electron chi connectivity index (χ3n) is 4.82. The van der Waals surface area contributed by atoms with Gasteiger partial charge in [-0.05, 0) is 59.7 Å². The van der Waals surface area contributed by atoms with Crippen molar-refractivity contribution in [2.45, 2.75) is 16.7 Å². The maximum absolute atomic E-state index is 12.9. The summed E-state index contributed by atoms with van der Waals surface area (Å²) in [6, 6.07) is 25.1. The second-order valence-corrected chi connectivity index (χ2v) is 10.4. The van der Waals surface area contributed by atoms with Gasteiger partial charge in [-0.1, -0.05) is 54.6 Å².